The number of carbonyl (C=O) groups excluding carboxylic acids is 1. The fourth-order valence-corrected chi connectivity index (χ4v) is 6.07. The van der Waals surface area contributed by atoms with Crippen LogP contribution in [0.2, 0.25) is 0 Å². The number of ether oxygens (including phenoxy) is 1. The molecule has 0 bridgehead atoms. The largest absolute Gasteiger partial charge is 0.462 e. The first-order valence-electron chi connectivity index (χ1n) is 13.2. The molecule has 0 radical (unpaired) electrons. The van der Waals surface area contributed by atoms with E-state index >= 15 is 0 Å². The number of fused-ring (bicyclic) bond motifs is 1. The van der Waals surface area contributed by atoms with Gasteiger partial charge in [-0.2, -0.15) is 4.98 Å². The molecule has 7 nitrogen and oxygen atoms in total. The van der Waals surface area contributed by atoms with Crippen molar-refractivity contribution in [2.75, 3.05) is 6.61 Å². The molecule has 2 aliphatic rings. The van der Waals surface area contributed by atoms with Crippen molar-refractivity contribution in [1.29, 1.82) is 0 Å². The number of esters is 1. The molecule has 3 aromatic rings. The van der Waals surface area contributed by atoms with Crippen molar-refractivity contribution in [3.05, 3.63) is 77.0 Å². The molecule has 1 atom stereocenters. The Kier molecular flexibility index (Phi) is 8.29. The van der Waals surface area contributed by atoms with Crippen LogP contribution in [0.25, 0.3) is 0 Å². The quantitative estimate of drug-likeness (QED) is 0.363. The Balaban J connectivity index is 1.46. The average Bonchev–Trinajstić information content (AvgIpc) is 2.90. The maximum atomic E-state index is 12.3. The van der Waals surface area contributed by atoms with E-state index in [-0.39, 0.29) is 18.0 Å². The molecule has 1 fully saturated rings. The van der Waals surface area contributed by atoms with Crippen LogP contribution in [0.3, 0.4) is 0 Å². The summed E-state index contributed by atoms with van der Waals surface area (Å²) in [6, 6.07) is 17.9. The lowest BCUT2D eigenvalue weighted by molar-refractivity contribution is 0.0526. The van der Waals surface area contributed by atoms with E-state index in [1.807, 2.05) is 49.4 Å². The molecule has 1 unspecified atom stereocenters. The smallest absolute Gasteiger partial charge is 0.338 e. The van der Waals surface area contributed by atoms with Gasteiger partial charge in [-0.1, -0.05) is 55.1 Å². The second-order valence-corrected chi connectivity index (χ2v) is 10.9. The van der Waals surface area contributed by atoms with Gasteiger partial charge in [-0.05, 0) is 61.8 Å². The summed E-state index contributed by atoms with van der Waals surface area (Å²) in [5.41, 5.74) is 4.80. The number of aliphatic hydroxyl groups is 1. The van der Waals surface area contributed by atoms with Gasteiger partial charge in [0.1, 0.15) is 0 Å². The minimum atomic E-state index is -0.312. The Labute approximate surface area is 227 Å². The van der Waals surface area contributed by atoms with E-state index < -0.39 is 0 Å². The Hall–Kier alpha value is -3.36. The highest BCUT2D eigenvalue weighted by Crippen LogP contribution is 2.40. The van der Waals surface area contributed by atoms with E-state index in [2.05, 4.69) is 19.1 Å². The van der Waals surface area contributed by atoms with Crippen LogP contribution in [0, 0.1) is 0 Å². The Bertz CT molecular complexity index is 1360. The second-order valence-electron chi connectivity index (χ2n) is 9.77. The zero-order valence-corrected chi connectivity index (χ0v) is 22.6. The first-order chi connectivity index (χ1) is 18.5. The molecule has 1 saturated carbocycles. The van der Waals surface area contributed by atoms with Crippen molar-refractivity contribution >= 4 is 40.3 Å². The van der Waals surface area contributed by atoms with Gasteiger partial charge in [-0.15, -0.1) is 0 Å². The van der Waals surface area contributed by atoms with Crippen molar-refractivity contribution in [3.8, 4) is 0 Å². The summed E-state index contributed by atoms with van der Waals surface area (Å²) in [6.07, 6.45) is 4.15. The molecule has 0 amide bonds. The summed E-state index contributed by atoms with van der Waals surface area (Å²) in [4.78, 5) is 32.5. The highest BCUT2D eigenvalue weighted by Gasteiger charge is 2.24. The van der Waals surface area contributed by atoms with E-state index in [0.29, 0.717) is 30.4 Å². The lowest BCUT2D eigenvalue weighted by Crippen LogP contribution is -2.17. The van der Waals surface area contributed by atoms with Gasteiger partial charge in [0.25, 0.3) is 5.95 Å². The molecule has 5 rings (SSSR count). The molecular weight excluding hydrogens is 496 g/mol. The molecule has 1 aromatic heterocycles. The third kappa shape index (κ3) is 6.55. The van der Waals surface area contributed by atoms with Crippen LogP contribution in [0.4, 0.5) is 11.8 Å². The summed E-state index contributed by atoms with van der Waals surface area (Å²) in [6.45, 7) is 4.33. The minimum absolute atomic E-state index is 0.251. The lowest BCUT2D eigenvalue weighted by Gasteiger charge is -2.23. The zero-order valence-electron chi connectivity index (χ0n) is 21.8. The fraction of sp³-hybridized carbons (Fsp3) is 0.367. The summed E-state index contributed by atoms with van der Waals surface area (Å²) in [7, 11) is 0. The van der Waals surface area contributed by atoms with Gasteiger partial charge in [0.05, 0.1) is 29.0 Å². The number of aliphatic imine (C=N–C) groups is 2. The van der Waals surface area contributed by atoms with E-state index in [9.17, 15) is 9.90 Å². The number of nitrogens with zero attached hydrogens (tertiary/aromatic N) is 4. The van der Waals surface area contributed by atoms with Gasteiger partial charge in [0.15, 0.2) is 5.82 Å². The van der Waals surface area contributed by atoms with Crippen molar-refractivity contribution in [3.63, 3.8) is 0 Å². The van der Waals surface area contributed by atoms with Crippen molar-refractivity contribution in [1.82, 2.24) is 9.97 Å². The van der Waals surface area contributed by atoms with Crippen LogP contribution < -0.4 is 0 Å². The van der Waals surface area contributed by atoms with E-state index in [1.54, 1.807) is 11.8 Å². The number of carbonyl (C=O) groups is 1. The molecule has 0 saturated heterocycles. The molecule has 8 heteroatoms. The molecular formula is C30H32N4O3S. The summed E-state index contributed by atoms with van der Waals surface area (Å²) in [5, 5.41) is 10.8. The monoisotopic (exact) mass is 528 g/mol. The molecule has 196 valence electrons. The van der Waals surface area contributed by atoms with Crippen LogP contribution in [-0.2, 0) is 11.2 Å². The van der Waals surface area contributed by atoms with Crippen molar-refractivity contribution in [2.24, 2.45) is 9.98 Å². The predicted molar refractivity (Wildman–Crippen MR) is 151 cm³/mol. The van der Waals surface area contributed by atoms with Gasteiger partial charge >= 0.3 is 5.97 Å². The Morgan fingerprint density at radius 3 is 2.63 bits per heavy atom. The first-order valence-corrected chi connectivity index (χ1v) is 14.0. The third-order valence-corrected chi connectivity index (χ3v) is 7.84. The Morgan fingerprint density at radius 1 is 1.08 bits per heavy atom. The molecule has 2 aromatic carbocycles. The van der Waals surface area contributed by atoms with Gasteiger partial charge in [0, 0.05) is 29.5 Å². The van der Waals surface area contributed by atoms with Crippen molar-refractivity contribution in [2.45, 2.75) is 69.3 Å². The zero-order chi connectivity index (χ0) is 26.5. The van der Waals surface area contributed by atoms with E-state index in [1.165, 1.54) is 5.56 Å². The Morgan fingerprint density at radius 2 is 1.87 bits per heavy atom. The number of thioether (sulfide) groups is 1. The number of aliphatic hydroxyl groups excluding tert-OH is 1. The predicted octanol–water partition coefficient (Wildman–Crippen LogP) is 6.58. The molecule has 1 aliphatic heterocycles. The average molecular weight is 529 g/mol. The summed E-state index contributed by atoms with van der Waals surface area (Å²) >= 11 is 1.58. The standard InChI is InChI=1S/C30H32N4O3S/c1-3-37-29(36)21-9-14-25-19(2)15-28(38-26(25)17-21)33-27-18-23(16-20-7-5-4-6-8-20)32-30(34-27)31-22-10-12-24(35)13-11-22/h4-9,14,17-19,24,35H,3,10-13,15-16H2,1-2H3. The number of rotatable bonds is 6. The number of hydrogen-bond acceptors (Lipinski definition) is 8. The normalized spacial score (nSPS) is 20.2. The van der Waals surface area contributed by atoms with Crippen LogP contribution in [0.1, 0.15) is 79.0 Å². The maximum Gasteiger partial charge on any atom is 0.338 e. The van der Waals surface area contributed by atoms with Gasteiger partial charge in [-0.3, -0.25) is 0 Å². The second kappa shape index (κ2) is 12.0. The SMILES string of the molecule is CCOC(=O)c1ccc2c(c1)SC(=Nc1cc(Cc3ccccc3)nc(N=C3CCC(O)CC3)n1)CC2C. The molecule has 1 aliphatic carbocycles. The highest BCUT2D eigenvalue weighted by molar-refractivity contribution is 8.14. The van der Waals surface area contributed by atoms with Crippen LogP contribution in [0.5, 0.6) is 0 Å². The molecule has 0 spiro atoms. The van der Waals surface area contributed by atoms with Gasteiger partial charge < -0.3 is 9.84 Å². The third-order valence-electron chi connectivity index (χ3n) is 6.78. The minimum Gasteiger partial charge on any atom is -0.462 e. The number of benzene rings is 2. The highest BCUT2D eigenvalue weighted by atomic mass is 32.2. The summed E-state index contributed by atoms with van der Waals surface area (Å²) < 4.78 is 5.19. The fourth-order valence-electron chi connectivity index (χ4n) is 4.77. The van der Waals surface area contributed by atoms with E-state index in [0.717, 1.165) is 59.0 Å². The summed E-state index contributed by atoms with van der Waals surface area (Å²) in [5.74, 6) is 0.956. The number of aromatic nitrogens is 2. The molecule has 38 heavy (non-hydrogen) atoms. The molecule has 2 heterocycles. The van der Waals surface area contributed by atoms with Crippen LogP contribution in [0.15, 0.2) is 69.5 Å². The van der Waals surface area contributed by atoms with Gasteiger partial charge in [-0.25, -0.2) is 19.8 Å². The van der Waals surface area contributed by atoms with Crippen LogP contribution >= 0.6 is 11.8 Å². The lowest BCUT2D eigenvalue weighted by atomic mass is 9.96. The van der Waals surface area contributed by atoms with E-state index in [4.69, 9.17) is 24.7 Å². The number of hydrogen-bond donors (Lipinski definition) is 1. The molecule has 1 N–H and O–H groups in total. The topological polar surface area (TPSA) is 97.0 Å². The van der Waals surface area contributed by atoms with Crippen LogP contribution in [-0.4, -0.2) is 44.5 Å². The maximum absolute atomic E-state index is 12.3. The van der Waals surface area contributed by atoms with Gasteiger partial charge in [0.2, 0.25) is 0 Å². The first kappa shape index (κ1) is 26.3. The van der Waals surface area contributed by atoms with Crippen molar-refractivity contribution < 1.29 is 14.6 Å².